The Hall–Kier alpha value is -9.36. The molecule has 0 aliphatic heterocycles. The molecule has 4 N–H and O–H groups in total. The maximum Gasteiger partial charge on any atom is 0.141 e. The minimum Gasteiger partial charge on any atom is -0.496 e. The molecule has 0 amide bonds. The lowest BCUT2D eigenvalue weighted by Gasteiger charge is -2.09. The van der Waals surface area contributed by atoms with Gasteiger partial charge in [0.2, 0.25) is 0 Å². The van der Waals surface area contributed by atoms with Crippen molar-refractivity contribution < 1.29 is 68.2 Å². The molecule has 0 aliphatic rings. The molecule has 0 aliphatic carbocycles. The van der Waals surface area contributed by atoms with Crippen LogP contribution < -0.4 is 18.9 Å². The predicted octanol–water partition coefficient (Wildman–Crippen LogP) is 22.4. The maximum absolute atomic E-state index is 5.75. The molecular weight excluding hydrogens is 1440 g/mol. The second-order valence-corrected chi connectivity index (χ2v) is 25.3. The van der Waals surface area contributed by atoms with E-state index in [-0.39, 0.29) is 8.85 Å². The summed E-state index contributed by atoms with van der Waals surface area (Å²) in [6, 6.07) is 16.3. The Kier molecular flexibility index (Phi) is 14.4. The number of hydrogen-bond acceptors (Lipinski definition) is 16. The molecule has 0 saturated carbocycles. The molecule has 0 saturated heterocycles. The van der Waals surface area contributed by atoms with E-state index in [2.05, 4.69) is 142 Å². The number of halogens is 4. The summed E-state index contributed by atoms with van der Waals surface area (Å²) in [4.78, 5) is 30.8. The number of benzene rings is 4. The lowest BCUT2D eigenvalue weighted by molar-refractivity contribution is 0.393. The Labute approximate surface area is 597 Å². The number of aromatic amines is 4. The minimum absolute atomic E-state index is 0. The van der Waals surface area contributed by atoms with Crippen LogP contribution in [-0.4, -0.2) is 88.9 Å². The first-order valence-electron chi connectivity index (χ1n) is 38.6. The molecular formula is C69H82Br4N12O8. The van der Waals surface area contributed by atoms with Crippen molar-refractivity contribution >= 4 is 151 Å². The number of nitrogens with zero attached hydrogens (tertiary/aromatic N) is 8. The average molecular weight is 1570 g/mol. The van der Waals surface area contributed by atoms with Crippen LogP contribution in [-0.2, 0) is 0 Å². The van der Waals surface area contributed by atoms with Crippen molar-refractivity contribution in [1.82, 2.24) is 60.5 Å². The van der Waals surface area contributed by atoms with Crippen molar-refractivity contribution in [2.24, 2.45) is 0 Å². The number of fused-ring (bicyclic) bond motifs is 12. The monoisotopic (exact) mass is 1560 g/mol. The highest BCUT2D eigenvalue weighted by Crippen LogP contribution is 2.46. The highest BCUT2D eigenvalue weighted by atomic mass is 79.9. The molecule has 0 spiro atoms. The van der Waals surface area contributed by atoms with Crippen molar-refractivity contribution in [1.29, 1.82) is 0 Å². The highest BCUT2D eigenvalue weighted by Gasteiger charge is 2.24. The van der Waals surface area contributed by atoms with Crippen molar-refractivity contribution in [3.05, 3.63) is 162 Å². The molecule has 4 aromatic carbocycles. The standard InChI is InChI=1S/C22H20N4O3.2C17H14BrN3O2.C12H8Br2N2O.CH4.11H2/c1-10-20(12(3)28-25-10)15-6-17-14(7-19(15)27-5)22-16(8-23-9-18(22)24-17)21-11(2)26-29-13(21)4;1-8-16(9(2)23-21-8)11-4-13-10(5-15(11)22-3)17-12(18)6-19-7-14(17)20-13;1-8-16(9(2)23-21-8)11-6-19-7-14-17(11)10-4-15(22-3)12(18)5-13(10)20-14;1-17-11-2-6-9(3-7(11)13)16-10-5-15-4-8(14)12(6)10;;;;;;;;;;;;/h6-9,24H,1-5H3;2*4-7,20H,1-3H3;2-5,16H,1H3;1H4;11*1H/i;;;;;10*1+2T;1+2. The lowest BCUT2D eigenvalue weighted by atomic mass is 9.97. The third-order valence-corrected chi connectivity index (χ3v) is 18.8. The summed E-state index contributed by atoms with van der Waals surface area (Å²) in [5, 5.41) is 25.0. The molecule has 0 unspecified atom stereocenters. The summed E-state index contributed by atoms with van der Waals surface area (Å²) < 4.78 is 147. The number of H-pyrrole nitrogens is 4. The van der Waals surface area contributed by atoms with Gasteiger partial charge >= 0.3 is 0 Å². The van der Waals surface area contributed by atoms with Crippen molar-refractivity contribution in [2.45, 2.75) is 62.8 Å². The number of nitrogens with one attached hydrogen (secondary N) is 4. The van der Waals surface area contributed by atoms with E-state index in [4.69, 9.17) is 66.7 Å². The molecule has 24 heteroatoms. The van der Waals surface area contributed by atoms with Crippen LogP contribution >= 0.6 is 63.7 Å². The first kappa shape index (κ1) is 52.2. The third kappa shape index (κ3) is 11.2. The summed E-state index contributed by atoms with van der Waals surface area (Å²) >= 11 is 14.1. The summed E-state index contributed by atoms with van der Waals surface area (Å²) in [5.41, 5.74) is 19.1. The van der Waals surface area contributed by atoms with Crippen LogP contribution in [0.1, 0.15) is 84.4 Å². The molecule has 0 atom stereocenters. The van der Waals surface area contributed by atoms with E-state index in [9.17, 15) is 0 Å². The third-order valence-electron chi connectivity index (χ3n) is 16.3. The van der Waals surface area contributed by atoms with Crippen LogP contribution in [0.3, 0.4) is 0 Å². The number of rotatable bonds is 8. The van der Waals surface area contributed by atoms with E-state index in [1.165, 1.54) is 0 Å². The van der Waals surface area contributed by atoms with Gasteiger partial charge in [-0.05, 0) is 168 Å². The summed E-state index contributed by atoms with van der Waals surface area (Å²) in [6.07, 6.45) is 14.6. The highest BCUT2D eigenvalue weighted by molar-refractivity contribution is 9.11. The fourth-order valence-corrected chi connectivity index (χ4v) is 14.4. The fourth-order valence-electron chi connectivity index (χ4n) is 12.3. The van der Waals surface area contributed by atoms with Gasteiger partial charge in [-0.2, -0.15) is 0 Å². The number of pyridine rings is 4. The van der Waals surface area contributed by atoms with Gasteiger partial charge in [-0.15, -0.1) is 0 Å². The van der Waals surface area contributed by atoms with Gasteiger partial charge in [-0.25, -0.2) is 0 Å². The van der Waals surface area contributed by atoms with E-state index in [1.807, 2.05) is 123 Å². The largest absolute Gasteiger partial charge is 0.496 e. The number of methoxy groups -OCH3 is 4. The van der Waals surface area contributed by atoms with Gasteiger partial charge in [-0.1, -0.05) is 28.1 Å². The van der Waals surface area contributed by atoms with Crippen LogP contribution in [0.4, 0.5) is 0 Å². The van der Waals surface area contributed by atoms with E-state index >= 15 is 0 Å². The van der Waals surface area contributed by atoms with E-state index in [0.29, 0.717) is 0 Å². The van der Waals surface area contributed by atoms with Gasteiger partial charge < -0.3 is 57.0 Å². The molecule has 16 rings (SSSR count). The Morgan fingerprint density at radius 1 is 0.323 bits per heavy atom. The van der Waals surface area contributed by atoms with Crippen molar-refractivity contribution in [3.63, 3.8) is 0 Å². The molecule has 0 fully saturated rings. The second kappa shape index (κ2) is 25.6. The lowest BCUT2D eigenvalue weighted by Crippen LogP contribution is -1.90. The van der Waals surface area contributed by atoms with Crippen LogP contribution in [0.2, 0.25) is 0 Å². The first-order valence-corrected chi connectivity index (χ1v) is 31.8. The molecule has 12 aromatic heterocycles. The number of ether oxygens (including phenoxy) is 4. The molecule has 20 nitrogen and oxygen atoms in total. The van der Waals surface area contributed by atoms with Crippen LogP contribution in [0, 0.1) is 55.4 Å². The Morgan fingerprint density at radius 3 is 0.892 bits per heavy atom. The van der Waals surface area contributed by atoms with E-state index < -0.39 is 0 Å². The van der Waals surface area contributed by atoms with Crippen LogP contribution in [0.25, 0.3) is 132 Å². The predicted molar refractivity (Wildman–Crippen MR) is 401 cm³/mol. The van der Waals surface area contributed by atoms with E-state index in [0.717, 1.165) is 218 Å². The Balaban J connectivity index is 0.000000710. The number of aromatic nitrogens is 12. The molecule has 0 bridgehead atoms. The molecule has 16 aromatic rings. The zero-order chi connectivity index (χ0) is 84.5. The van der Waals surface area contributed by atoms with Gasteiger partial charge in [0, 0.05) is 163 Å². The zero-order valence-corrected chi connectivity index (χ0v) is 57.9. The van der Waals surface area contributed by atoms with Crippen LogP contribution in [0.5, 0.6) is 23.0 Å². The molecule has 494 valence electrons. The van der Waals surface area contributed by atoms with E-state index in [1.54, 1.807) is 40.8 Å². The Morgan fingerprint density at radius 2 is 0.591 bits per heavy atom. The molecule has 93 heavy (non-hydrogen) atoms. The summed E-state index contributed by atoms with van der Waals surface area (Å²) in [6.45, 7) is 15.4. The average Bonchev–Trinajstić information content (AvgIpc) is 1.60. The smallest absolute Gasteiger partial charge is 0.141 e. The summed E-state index contributed by atoms with van der Waals surface area (Å²) in [7, 11) is 6.68. The van der Waals surface area contributed by atoms with Crippen molar-refractivity contribution in [2.75, 3.05) is 28.4 Å². The van der Waals surface area contributed by atoms with Crippen LogP contribution in [0.15, 0.2) is 134 Å². The topological polar surface area (TPSA) is 256 Å². The van der Waals surface area contributed by atoms with Gasteiger partial charge in [-0.3, -0.25) is 19.9 Å². The maximum atomic E-state index is 5.75. The quantitative estimate of drug-likeness (QED) is 0.110. The Bertz CT molecular complexity index is 5560. The van der Waals surface area contributed by atoms with Gasteiger partial charge in [0.05, 0.1) is 118 Å². The van der Waals surface area contributed by atoms with Crippen molar-refractivity contribution in [3.8, 4) is 67.5 Å². The number of hydrogen-bond donors (Lipinski definition) is 4. The summed E-state index contributed by atoms with van der Waals surface area (Å²) in [5.74, 6) is 6.25. The number of aryl methyl sites for hydroxylation is 8. The SMILES string of the molecule is C.COc1cc2c(cc1-c1c(C)noc1C)[nH]c1cncc(-c3c(C)noc3C)c12.COc1cc2c(cc1-c1c(C)noc1C)[nH]c1cncc(Br)c12.COc1cc2c(cc1Br)[nH]c1cncc(-c3c(C)noc3C)c12.COc1cc2c(cc1Br)[nH]c1cncc(Br)c12.[3HH].[3H][3H].[3H][3H].[3H][3H].[3H][3H].[3H][3H].[3H][3H].[3H][3H].[3H][3H].[3H][3H].[3H][3H]. The van der Waals surface area contributed by atoms with Gasteiger partial charge in [0.25, 0.3) is 0 Å². The molecule has 0 radical (unpaired) electrons. The van der Waals surface area contributed by atoms with Gasteiger partial charge in [0.15, 0.2) is 0 Å². The normalized spacial score (nSPS) is 12.2. The zero-order valence-electron chi connectivity index (χ0n) is 71.6. The molecule has 12 heterocycles. The fraction of sp³-hybridized carbons (Fsp3) is 0.188. The van der Waals surface area contributed by atoms with Gasteiger partial charge in [0.1, 0.15) is 46.0 Å². The first-order chi connectivity index (χ1) is 54.4. The second-order valence-electron chi connectivity index (χ2n) is 21.9. The minimum atomic E-state index is 0.